The Balaban J connectivity index is 1.68. The lowest BCUT2D eigenvalue weighted by atomic mass is 10.2. The largest absolute Gasteiger partial charge is 0.480 e. The Kier molecular flexibility index (Phi) is 7.32. The number of nitrogen functional groups attached to an aromatic ring is 1. The maximum absolute atomic E-state index is 13.2. The highest BCUT2D eigenvalue weighted by Gasteiger charge is 2.35. The average molecular weight is 468 g/mol. The van der Waals surface area contributed by atoms with Gasteiger partial charge in [-0.25, -0.2) is 9.36 Å². The Morgan fingerprint density at radius 1 is 1.41 bits per heavy atom. The first-order valence-corrected chi connectivity index (χ1v) is 11.2. The molecule has 1 aliphatic rings. The number of aliphatic carboxylic acids is 1. The van der Waals surface area contributed by atoms with Crippen LogP contribution in [0.4, 0.5) is 5.82 Å². The van der Waals surface area contributed by atoms with Gasteiger partial charge in [-0.05, 0) is 32.9 Å². The Morgan fingerprint density at radius 3 is 2.75 bits per heavy atom. The van der Waals surface area contributed by atoms with Crippen molar-refractivity contribution >= 4 is 19.5 Å². The number of anilines is 1. The SMILES string of the molecule is Cc1ccc(O[P@](=O)(N[C@@H](C)C(=O)O)OC[C@H]2OC[C@@H](n3cc(C)c(N)nc3=O)O2)cc1. The third-order valence-electron chi connectivity index (χ3n) is 4.57. The summed E-state index contributed by atoms with van der Waals surface area (Å²) in [6, 6.07) is 5.44. The molecule has 174 valence electrons. The monoisotopic (exact) mass is 468 g/mol. The molecule has 0 bridgehead atoms. The minimum Gasteiger partial charge on any atom is -0.480 e. The molecule has 2 aromatic rings. The summed E-state index contributed by atoms with van der Waals surface area (Å²) in [6.45, 7) is 4.54. The average Bonchev–Trinajstić information content (AvgIpc) is 3.20. The van der Waals surface area contributed by atoms with E-state index in [1.165, 1.54) is 17.7 Å². The minimum atomic E-state index is -4.12. The highest BCUT2D eigenvalue weighted by Crippen LogP contribution is 2.45. The van der Waals surface area contributed by atoms with Crippen LogP contribution in [0.1, 0.15) is 24.3 Å². The molecule has 2 heterocycles. The number of carbonyl (C=O) groups is 1. The van der Waals surface area contributed by atoms with Gasteiger partial charge in [0, 0.05) is 11.8 Å². The second kappa shape index (κ2) is 9.80. The Hall–Kier alpha value is -2.76. The van der Waals surface area contributed by atoms with Crippen molar-refractivity contribution < 1.29 is 33.0 Å². The predicted octanol–water partition coefficient (Wildman–Crippen LogP) is 1.58. The molecule has 0 saturated carbocycles. The lowest BCUT2D eigenvalue weighted by Gasteiger charge is -2.23. The molecule has 1 aromatic carbocycles. The summed E-state index contributed by atoms with van der Waals surface area (Å²) in [6.07, 6.45) is -0.267. The summed E-state index contributed by atoms with van der Waals surface area (Å²) >= 11 is 0. The van der Waals surface area contributed by atoms with Crippen LogP contribution in [0.2, 0.25) is 0 Å². The Labute approximate surface area is 183 Å². The Morgan fingerprint density at radius 2 is 2.09 bits per heavy atom. The molecule has 0 spiro atoms. The third-order valence-corrected chi connectivity index (χ3v) is 6.21. The third kappa shape index (κ3) is 5.93. The zero-order valence-corrected chi connectivity index (χ0v) is 18.7. The van der Waals surface area contributed by atoms with Gasteiger partial charge >= 0.3 is 19.4 Å². The number of aryl methyl sites for hydroxylation is 2. The zero-order chi connectivity index (χ0) is 23.5. The van der Waals surface area contributed by atoms with E-state index in [-0.39, 0.29) is 24.8 Å². The number of nitrogens with two attached hydrogens (primary N) is 1. The lowest BCUT2D eigenvalue weighted by Crippen LogP contribution is -2.34. The first-order valence-electron chi connectivity index (χ1n) is 9.70. The molecule has 1 aromatic heterocycles. The fourth-order valence-electron chi connectivity index (χ4n) is 2.74. The van der Waals surface area contributed by atoms with Crippen molar-refractivity contribution in [3.8, 4) is 5.75 Å². The van der Waals surface area contributed by atoms with Crippen molar-refractivity contribution in [3.63, 3.8) is 0 Å². The topological polar surface area (TPSA) is 164 Å². The first kappa shape index (κ1) is 23.9. The number of ether oxygens (including phenoxy) is 2. The van der Waals surface area contributed by atoms with Crippen LogP contribution < -0.4 is 21.0 Å². The van der Waals surface area contributed by atoms with Crippen LogP contribution in [0, 0.1) is 13.8 Å². The number of carboxylic acid groups (broad SMARTS) is 1. The number of rotatable bonds is 9. The maximum Gasteiger partial charge on any atom is 0.459 e. The molecule has 0 amide bonds. The van der Waals surface area contributed by atoms with Gasteiger partial charge in [-0.15, -0.1) is 0 Å². The fraction of sp³-hybridized carbons (Fsp3) is 0.421. The standard InChI is InChI=1S/C19H25N4O8P/c1-11-4-6-14(7-5-11)31-32(27,22-13(3)18(24)25)29-10-16-28-9-15(30-16)23-8-12(2)17(20)21-19(23)26/h4-8,13,15-16H,9-10H2,1-3H3,(H,22,27)(H,24,25)(H2,20,21,26)/t13-,15-,16-,32-/m0/s1. The van der Waals surface area contributed by atoms with E-state index < -0.39 is 38.0 Å². The molecular formula is C19H25N4O8P. The van der Waals surface area contributed by atoms with Crippen molar-refractivity contribution in [3.05, 3.63) is 52.1 Å². The molecule has 4 atom stereocenters. The molecule has 12 nitrogen and oxygen atoms in total. The van der Waals surface area contributed by atoms with Crippen LogP contribution in [0.5, 0.6) is 5.75 Å². The summed E-state index contributed by atoms with van der Waals surface area (Å²) in [4.78, 5) is 27.0. The van der Waals surface area contributed by atoms with Crippen molar-refractivity contribution in [1.29, 1.82) is 0 Å². The summed E-state index contributed by atoms with van der Waals surface area (Å²) in [5.41, 5.74) is 6.58. The molecule has 1 fully saturated rings. The van der Waals surface area contributed by atoms with E-state index in [4.69, 9.17) is 29.4 Å². The van der Waals surface area contributed by atoms with Gasteiger partial charge in [-0.3, -0.25) is 13.9 Å². The smallest absolute Gasteiger partial charge is 0.459 e. The van der Waals surface area contributed by atoms with Crippen molar-refractivity contribution in [2.45, 2.75) is 39.3 Å². The van der Waals surface area contributed by atoms with E-state index >= 15 is 0 Å². The number of carboxylic acids is 1. The molecule has 13 heteroatoms. The highest BCUT2D eigenvalue weighted by molar-refractivity contribution is 7.52. The number of benzene rings is 1. The number of hydrogen-bond donors (Lipinski definition) is 3. The van der Waals surface area contributed by atoms with Gasteiger partial charge in [0.1, 0.15) is 24.2 Å². The molecular weight excluding hydrogens is 443 g/mol. The maximum atomic E-state index is 13.2. The number of nitrogens with one attached hydrogen (secondary N) is 1. The molecule has 0 radical (unpaired) electrons. The van der Waals surface area contributed by atoms with Crippen LogP contribution >= 0.6 is 7.75 Å². The van der Waals surface area contributed by atoms with E-state index in [2.05, 4.69) is 10.1 Å². The van der Waals surface area contributed by atoms with E-state index in [1.54, 1.807) is 31.2 Å². The Bertz CT molecular complexity index is 1070. The van der Waals surface area contributed by atoms with Gasteiger partial charge in [0.15, 0.2) is 12.5 Å². The molecule has 32 heavy (non-hydrogen) atoms. The number of hydrogen-bond acceptors (Lipinski definition) is 9. The van der Waals surface area contributed by atoms with Gasteiger partial charge in [-0.2, -0.15) is 10.1 Å². The minimum absolute atomic E-state index is 0.0149. The van der Waals surface area contributed by atoms with Crippen molar-refractivity contribution in [2.75, 3.05) is 18.9 Å². The summed E-state index contributed by atoms with van der Waals surface area (Å²) < 4.78 is 36.5. The van der Waals surface area contributed by atoms with Gasteiger partial charge < -0.3 is 24.8 Å². The van der Waals surface area contributed by atoms with Gasteiger partial charge in [0.25, 0.3) is 0 Å². The van der Waals surface area contributed by atoms with Gasteiger partial charge in [0.2, 0.25) is 0 Å². The molecule has 1 aliphatic heterocycles. The van der Waals surface area contributed by atoms with E-state index in [9.17, 15) is 14.2 Å². The summed E-state index contributed by atoms with van der Waals surface area (Å²) in [7, 11) is -4.12. The van der Waals surface area contributed by atoms with Crippen LogP contribution in [-0.2, 0) is 23.4 Å². The van der Waals surface area contributed by atoms with E-state index in [0.29, 0.717) is 5.56 Å². The predicted molar refractivity (Wildman–Crippen MR) is 113 cm³/mol. The normalized spacial score (nSPS) is 21.1. The van der Waals surface area contributed by atoms with Gasteiger partial charge in [0.05, 0.1) is 6.61 Å². The second-order valence-electron chi connectivity index (χ2n) is 7.24. The fourth-order valence-corrected chi connectivity index (χ4v) is 4.22. The molecule has 3 rings (SSSR count). The molecule has 1 saturated heterocycles. The number of aromatic nitrogens is 2. The molecule has 0 aliphatic carbocycles. The van der Waals surface area contributed by atoms with Crippen LogP contribution in [0.25, 0.3) is 0 Å². The van der Waals surface area contributed by atoms with Crippen LogP contribution in [-0.4, -0.2) is 46.2 Å². The summed E-state index contributed by atoms with van der Waals surface area (Å²) in [5.74, 6) is -0.886. The number of nitrogens with zero attached hydrogens (tertiary/aromatic N) is 2. The summed E-state index contributed by atoms with van der Waals surface area (Å²) in [5, 5.41) is 11.5. The lowest BCUT2D eigenvalue weighted by molar-refractivity contribution is -0.138. The van der Waals surface area contributed by atoms with Gasteiger partial charge in [-0.1, -0.05) is 17.7 Å². The highest BCUT2D eigenvalue weighted by atomic mass is 31.2. The van der Waals surface area contributed by atoms with Crippen LogP contribution in [0.15, 0.2) is 35.3 Å². The molecule has 4 N–H and O–H groups in total. The zero-order valence-electron chi connectivity index (χ0n) is 17.8. The van der Waals surface area contributed by atoms with Crippen molar-refractivity contribution in [1.82, 2.24) is 14.6 Å². The molecule has 0 unspecified atom stereocenters. The van der Waals surface area contributed by atoms with Crippen molar-refractivity contribution in [2.24, 2.45) is 0 Å². The second-order valence-corrected chi connectivity index (χ2v) is 8.93. The van der Waals surface area contributed by atoms with Crippen LogP contribution in [0.3, 0.4) is 0 Å². The quantitative estimate of drug-likeness (QED) is 0.458. The van der Waals surface area contributed by atoms with E-state index in [0.717, 1.165) is 5.56 Å². The van der Waals surface area contributed by atoms with E-state index in [1.807, 2.05) is 6.92 Å². The first-order chi connectivity index (χ1) is 15.1.